The summed E-state index contributed by atoms with van der Waals surface area (Å²) in [6.07, 6.45) is 8.60. The van der Waals surface area contributed by atoms with Crippen LogP contribution < -0.4 is 0 Å². The van der Waals surface area contributed by atoms with Crippen LogP contribution in [0.5, 0.6) is 0 Å². The molecule has 0 aliphatic heterocycles. The normalized spacial score (nSPS) is 14.8. The Labute approximate surface area is 92.5 Å². The third-order valence-corrected chi connectivity index (χ3v) is 2.53. The maximum Gasteiger partial charge on any atom is -0.0443 e. The van der Waals surface area contributed by atoms with E-state index in [1.165, 1.54) is 38.5 Å². The van der Waals surface area contributed by atoms with E-state index in [2.05, 4.69) is 27.7 Å². The zero-order valence-electron chi connectivity index (χ0n) is 11.4. The number of unbranched alkanes of at least 4 members (excludes halogenated alkanes) is 1. The lowest BCUT2D eigenvalue weighted by atomic mass is 9.88. The quantitative estimate of drug-likeness (QED) is 0.551. The van der Waals surface area contributed by atoms with Crippen molar-refractivity contribution in [1.29, 1.82) is 0 Å². The first-order chi connectivity index (χ1) is 6.66. The first-order valence-corrected chi connectivity index (χ1v) is 6.66. The molecule has 0 heteroatoms. The predicted molar refractivity (Wildman–Crippen MR) is 68.7 cm³/mol. The zero-order chi connectivity index (χ0) is 11.4. The van der Waals surface area contributed by atoms with Gasteiger partial charge in [0.1, 0.15) is 0 Å². The van der Waals surface area contributed by atoms with Crippen molar-refractivity contribution in [2.45, 2.75) is 80.1 Å². The zero-order valence-corrected chi connectivity index (χ0v) is 11.4. The van der Waals surface area contributed by atoms with Gasteiger partial charge in [0.05, 0.1) is 0 Å². The number of hydrogen-bond donors (Lipinski definition) is 0. The predicted octanol–water partition coefficient (Wildman–Crippen LogP) is 5.67. The van der Waals surface area contributed by atoms with Crippen LogP contribution in [-0.4, -0.2) is 0 Å². The lowest BCUT2D eigenvalue weighted by Gasteiger charge is -2.18. The smallest absolute Gasteiger partial charge is 0.0443 e. The molecule has 14 heavy (non-hydrogen) atoms. The van der Waals surface area contributed by atoms with Gasteiger partial charge >= 0.3 is 0 Å². The van der Waals surface area contributed by atoms with Gasteiger partial charge in [0.25, 0.3) is 0 Å². The van der Waals surface area contributed by atoms with Crippen molar-refractivity contribution in [1.82, 2.24) is 0 Å². The van der Waals surface area contributed by atoms with E-state index in [1.54, 1.807) is 0 Å². The Morgan fingerprint density at radius 3 is 1.64 bits per heavy atom. The summed E-state index contributed by atoms with van der Waals surface area (Å²) in [5.74, 6) is 1.97. The van der Waals surface area contributed by atoms with Gasteiger partial charge in [0.2, 0.25) is 0 Å². The summed E-state index contributed by atoms with van der Waals surface area (Å²) in [7, 11) is 0. The molecule has 88 valence electrons. The van der Waals surface area contributed by atoms with Gasteiger partial charge in [-0.05, 0) is 11.8 Å². The fourth-order valence-electron chi connectivity index (χ4n) is 1.22. The molecule has 0 aromatic carbocycles. The van der Waals surface area contributed by atoms with Gasteiger partial charge in [-0.25, -0.2) is 0 Å². The van der Waals surface area contributed by atoms with Crippen LogP contribution >= 0.6 is 0 Å². The minimum Gasteiger partial charge on any atom is -0.0683 e. The molecule has 0 aromatic heterocycles. The standard InChI is InChI=1S/C7H16.C5H10.C2H6/c1-4-5-6-7(2)3;1-5-3-2-4-5;1-2/h7H,4-6H2,1-3H3;5H,2-4H2,1H3;1-2H3. The first kappa shape index (κ1) is 16.4. The molecule has 1 rings (SSSR count). The third-order valence-electron chi connectivity index (χ3n) is 2.53. The van der Waals surface area contributed by atoms with Crippen molar-refractivity contribution >= 4 is 0 Å². The van der Waals surface area contributed by atoms with Crippen molar-refractivity contribution < 1.29 is 0 Å². The average molecular weight is 200 g/mol. The highest BCUT2D eigenvalue weighted by molar-refractivity contribution is 4.62. The molecule has 0 heterocycles. The van der Waals surface area contributed by atoms with Crippen LogP contribution in [0.1, 0.15) is 80.1 Å². The highest BCUT2D eigenvalue weighted by atomic mass is 14.1. The van der Waals surface area contributed by atoms with E-state index < -0.39 is 0 Å². The van der Waals surface area contributed by atoms with E-state index >= 15 is 0 Å². The maximum atomic E-state index is 2.31. The van der Waals surface area contributed by atoms with Crippen LogP contribution in [0.3, 0.4) is 0 Å². The Hall–Kier alpha value is 0. The van der Waals surface area contributed by atoms with Crippen molar-refractivity contribution in [3.05, 3.63) is 0 Å². The summed E-state index contributed by atoms with van der Waals surface area (Å²) >= 11 is 0. The minimum absolute atomic E-state index is 0.903. The van der Waals surface area contributed by atoms with Gasteiger partial charge in [-0.3, -0.25) is 0 Å². The summed E-state index contributed by atoms with van der Waals surface area (Å²) in [6, 6.07) is 0. The van der Waals surface area contributed by atoms with E-state index in [0.717, 1.165) is 11.8 Å². The Kier molecular flexibility index (Phi) is 15.3. The lowest BCUT2D eigenvalue weighted by Crippen LogP contribution is -2.04. The summed E-state index contributed by atoms with van der Waals surface area (Å²) in [4.78, 5) is 0. The topological polar surface area (TPSA) is 0 Å². The number of rotatable bonds is 3. The van der Waals surface area contributed by atoms with Crippen molar-refractivity contribution in [2.75, 3.05) is 0 Å². The fourth-order valence-corrected chi connectivity index (χ4v) is 1.22. The van der Waals surface area contributed by atoms with E-state index in [9.17, 15) is 0 Å². The molecule has 0 unspecified atom stereocenters. The monoisotopic (exact) mass is 200 g/mol. The lowest BCUT2D eigenvalue weighted by molar-refractivity contribution is 0.346. The maximum absolute atomic E-state index is 2.31. The van der Waals surface area contributed by atoms with Gasteiger partial charge in [0.15, 0.2) is 0 Å². The molecule has 0 bridgehead atoms. The van der Waals surface area contributed by atoms with Crippen LogP contribution in [-0.2, 0) is 0 Å². The Bertz CT molecular complexity index is 80.0. The number of hydrogen-bond acceptors (Lipinski definition) is 0. The summed E-state index contributed by atoms with van der Waals surface area (Å²) in [6.45, 7) is 13.1. The van der Waals surface area contributed by atoms with Crippen LogP contribution in [0.4, 0.5) is 0 Å². The molecule has 1 aliphatic carbocycles. The van der Waals surface area contributed by atoms with Crippen molar-refractivity contribution in [2.24, 2.45) is 11.8 Å². The van der Waals surface area contributed by atoms with E-state index in [1.807, 2.05) is 13.8 Å². The summed E-state index contributed by atoms with van der Waals surface area (Å²) in [5.41, 5.74) is 0. The molecule has 0 spiro atoms. The van der Waals surface area contributed by atoms with Crippen LogP contribution in [0.15, 0.2) is 0 Å². The molecular formula is C14H32. The summed E-state index contributed by atoms with van der Waals surface area (Å²) in [5, 5.41) is 0. The molecule has 0 N–H and O–H groups in total. The average Bonchev–Trinajstić information content (AvgIpc) is 2.15. The van der Waals surface area contributed by atoms with Gasteiger partial charge in [-0.15, -0.1) is 0 Å². The van der Waals surface area contributed by atoms with Gasteiger partial charge < -0.3 is 0 Å². The minimum atomic E-state index is 0.903. The molecule has 1 aliphatic rings. The van der Waals surface area contributed by atoms with Crippen LogP contribution in [0.2, 0.25) is 0 Å². The molecular weight excluding hydrogens is 168 g/mol. The van der Waals surface area contributed by atoms with E-state index in [-0.39, 0.29) is 0 Å². The molecule has 1 saturated carbocycles. The SMILES string of the molecule is CC.CC1CCC1.CCCCC(C)C. The molecule has 0 amide bonds. The molecule has 0 saturated heterocycles. The Morgan fingerprint density at radius 2 is 1.57 bits per heavy atom. The second-order valence-electron chi connectivity index (χ2n) is 4.57. The van der Waals surface area contributed by atoms with Crippen LogP contribution in [0, 0.1) is 11.8 Å². The van der Waals surface area contributed by atoms with Gasteiger partial charge in [-0.2, -0.15) is 0 Å². The summed E-state index contributed by atoms with van der Waals surface area (Å²) < 4.78 is 0. The molecule has 0 radical (unpaired) electrons. The fraction of sp³-hybridized carbons (Fsp3) is 1.00. The Balaban J connectivity index is 0. The molecule has 0 nitrogen and oxygen atoms in total. The largest absolute Gasteiger partial charge is 0.0683 e. The van der Waals surface area contributed by atoms with Gasteiger partial charge in [0, 0.05) is 0 Å². The second kappa shape index (κ2) is 13.0. The molecule has 0 aromatic rings. The molecule has 0 atom stereocenters. The second-order valence-corrected chi connectivity index (χ2v) is 4.57. The van der Waals surface area contributed by atoms with Crippen molar-refractivity contribution in [3.8, 4) is 0 Å². The highest BCUT2D eigenvalue weighted by Crippen LogP contribution is 2.24. The van der Waals surface area contributed by atoms with Crippen molar-refractivity contribution in [3.63, 3.8) is 0 Å². The highest BCUT2D eigenvalue weighted by Gasteiger charge is 2.09. The van der Waals surface area contributed by atoms with E-state index in [4.69, 9.17) is 0 Å². The van der Waals surface area contributed by atoms with E-state index in [0.29, 0.717) is 0 Å². The molecule has 1 fully saturated rings. The Morgan fingerprint density at radius 1 is 1.14 bits per heavy atom. The third kappa shape index (κ3) is 14.5. The van der Waals surface area contributed by atoms with Crippen LogP contribution in [0.25, 0.3) is 0 Å². The first-order valence-electron chi connectivity index (χ1n) is 6.66. The van der Waals surface area contributed by atoms with Gasteiger partial charge in [-0.1, -0.05) is 80.1 Å².